The van der Waals surface area contributed by atoms with Crippen molar-refractivity contribution in [2.45, 2.75) is 4.90 Å². The second-order valence-electron chi connectivity index (χ2n) is 4.78. The van der Waals surface area contributed by atoms with Crippen molar-refractivity contribution in [2.24, 2.45) is 0 Å². The van der Waals surface area contributed by atoms with Crippen molar-refractivity contribution in [1.29, 1.82) is 0 Å². The lowest BCUT2D eigenvalue weighted by atomic mass is 10.1. The Bertz CT molecular complexity index is 926. The van der Waals surface area contributed by atoms with E-state index < -0.39 is 26.9 Å². The molecule has 0 heterocycles. The van der Waals surface area contributed by atoms with Gasteiger partial charge in [-0.1, -0.05) is 12.1 Å². The van der Waals surface area contributed by atoms with Gasteiger partial charge in [0.1, 0.15) is 4.90 Å². The Morgan fingerprint density at radius 2 is 1.64 bits per heavy atom. The molecular formula is C16H14BrNO6S. The molecule has 0 aliphatic heterocycles. The molecular weight excluding hydrogens is 414 g/mol. The van der Waals surface area contributed by atoms with Crippen LogP contribution >= 0.6 is 15.9 Å². The van der Waals surface area contributed by atoms with E-state index in [4.69, 9.17) is 0 Å². The van der Waals surface area contributed by atoms with Gasteiger partial charge < -0.3 is 9.47 Å². The number of sulfonamides is 1. The highest BCUT2D eigenvalue weighted by Gasteiger charge is 2.25. The van der Waals surface area contributed by atoms with E-state index in [0.29, 0.717) is 4.47 Å². The molecule has 9 heteroatoms. The van der Waals surface area contributed by atoms with Crippen LogP contribution in [0.15, 0.2) is 51.8 Å². The van der Waals surface area contributed by atoms with Gasteiger partial charge in [-0.15, -0.1) is 0 Å². The van der Waals surface area contributed by atoms with Crippen molar-refractivity contribution >= 4 is 43.6 Å². The average molecular weight is 428 g/mol. The normalized spacial score (nSPS) is 10.8. The molecule has 132 valence electrons. The third-order valence-corrected chi connectivity index (χ3v) is 5.31. The Balaban J connectivity index is 2.58. The van der Waals surface area contributed by atoms with Gasteiger partial charge in [-0.05, 0) is 46.3 Å². The zero-order valence-corrected chi connectivity index (χ0v) is 15.7. The molecule has 2 aromatic carbocycles. The second-order valence-corrected chi connectivity index (χ2v) is 7.28. The van der Waals surface area contributed by atoms with Crippen molar-refractivity contribution in [3.05, 3.63) is 58.1 Å². The number of halogens is 1. The van der Waals surface area contributed by atoms with Gasteiger partial charge >= 0.3 is 11.9 Å². The monoisotopic (exact) mass is 427 g/mol. The van der Waals surface area contributed by atoms with E-state index in [9.17, 15) is 18.0 Å². The van der Waals surface area contributed by atoms with Crippen LogP contribution in [0.1, 0.15) is 20.7 Å². The van der Waals surface area contributed by atoms with Crippen LogP contribution in [0.25, 0.3) is 0 Å². The van der Waals surface area contributed by atoms with E-state index in [1.54, 1.807) is 24.3 Å². The molecule has 0 spiro atoms. The maximum absolute atomic E-state index is 12.8. The van der Waals surface area contributed by atoms with E-state index in [2.05, 4.69) is 30.1 Å². The average Bonchev–Trinajstić information content (AvgIpc) is 2.61. The third-order valence-electron chi connectivity index (χ3n) is 3.22. The summed E-state index contributed by atoms with van der Waals surface area (Å²) in [5.41, 5.74) is 0.0687. The summed E-state index contributed by atoms with van der Waals surface area (Å²) < 4.78 is 37.6. The van der Waals surface area contributed by atoms with Crippen molar-refractivity contribution in [2.75, 3.05) is 18.9 Å². The minimum atomic E-state index is -4.17. The Hall–Kier alpha value is -2.39. The van der Waals surface area contributed by atoms with Gasteiger partial charge in [-0.2, -0.15) is 0 Å². The van der Waals surface area contributed by atoms with Crippen molar-refractivity contribution in [1.82, 2.24) is 0 Å². The van der Waals surface area contributed by atoms with Crippen LogP contribution in [-0.2, 0) is 19.5 Å². The SMILES string of the molecule is COC(=O)c1ccc(C(=O)OC)c(S(=O)(=O)Nc2ccccc2Br)c1. The van der Waals surface area contributed by atoms with Crippen LogP contribution in [0.5, 0.6) is 0 Å². The maximum atomic E-state index is 12.8. The first kappa shape index (κ1) is 18.9. The first-order valence-electron chi connectivity index (χ1n) is 6.88. The molecule has 25 heavy (non-hydrogen) atoms. The fourth-order valence-corrected chi connectivity index (χ4v) is 3.83. The van der Waals surface area contributed by atoms with Crippen molar-refractivity contribution in [3.63, 3.8) is 0 Å². The second kappa shape index (κ2) is 7.66. The summed E-state index contributed by atoms with van der Waals surface area (Å²) in [6, 6.07) is 10.1. The highest BCUT2D eigenvalue weighted by Crippen LogP contribution is 2.27. The molecule has 2 aromatic rings. The topological polar surface area (TPSA) is 98.8 Å². The Morgan fingerprint density at radius 1 is 1.00 bits per heavy atom. The van der Waals surface area contributed by atoms with Gasteiger partial charge in [0.15, 0.2) is 0 Å². The van der Waals surface area contributed by atoms with Crippen molar-refractivity contribution in [3.8, 4) is 0 Å². The van der Waals surface area contributed by atoms with Crippen LogP contribution in [0.2, 0.25) is 0 Å². The molecule has 0 saturated heterocycles. The zero-order valence-electron chi connectivity index (χ0n) is 13.3. The van der Waals surface area contributed by atoms with E-state index in [0.717, 1.165) is 13.2 Å². The van der Waals surface area contributed by atoms with Gasteiger partial charge in [0.2, 0.25) is 0 Å². The van der Waals surface area contributed by atoms with Gasteiger partial charge in [0.25, 0.3) is 10.0 Å². The summed E-state index contributed by atoms with van der Waals surface area (Å²) in [5.74, 6) is -1.57. The number of carbonyl (C=O) groups is 2. The molecule has 2 rings (SSSR count). The van der Waals surface area contributed by atoms with Crippen LogP contribution in [0.4, 0.5) is 5.69 Å². The summed E-state index contributed by atoms with van der Waals surface area (Å²) >= 11 is 3.24. The molecule has 0 atom stereocenters. The van der Waals surface area contributed by atoms with Gasteiger partial charge in [0.05, 0.1) is 31.0 Å². The Morgan fingerprint density at radius 3 is 2.24 bits per heavy atom. The van der Waals surface area contributed by atoms with Gasteiger partial charge in [0, 0.05) is 4.47 Å². The first-order chi connectivity index (χ1) is 11.8. The summed E-state index contributed by atoms with van der Waals surface area (Å²) in [5, 5.41) is 0. The quantitative estimate of drug-likeness (QED) is 0.736. The minimum absolute atomic E-state index is 0.0114. The molecule has 0 unspecified atom stereocenters. The fourth-order valence-electron chi connectivity index (χ4n) is 2.01. The highest BCUT2D eigenvalue weighted by atomic mass is 79.9. The number of carbonyl (C=O) groups excluding carboxylic acids is 2. The van der Waals surface area contributed by atoms with E-state index in [1.165, 1.54) is 19.2 Å². The number of anilines is 1. The minimum Gasteiger partial charge on any atom is -0.465 e. The molecule has 0 fully saturated rings. The zero-order chi connectivity index (χ0) is 18.6. The van der Waals surface area contributed by atoms with E-state index in [-0.39, 0.29) is 16.8 Å². The third kappa shape index (κ3) is 4.18. The van der Waals surface area contributed by atoms with E-state index >= 15 is 0 Å². The number of esters is 2. The van der Waals surface area contributed by atoms with Crippen LogP contribution in [-0.4, -0.2) is 34.6 Å². The first-order valence-corrected chi connectivity index (χ1v) is 9.16. The number of hydrogen-bond acceptors (Lipinski definition) is 6. The summed E-state index contributed by atoms with van der Waals surface area (Å²) in [6.45, 7) is 0. The number of ether oxygens (including phenoxy) is 2. The number of hydrogen-bond donors (Lipinski definition) is 1. The molecule has 0 radical (unpaired) electrons. The van der Waals surface area contributed by atoms with Crippen LogP contribution in [0.3, 0.4) is 0 Å². The predicted molar refractivity (Wildman–Crippen MR) is 94.1 cm³/mol. The lowest BCUT2D eigenvalue weighted by Gasteiger charge is -2.13. The molecule has 0 aromatic heterocycles. The lowest BCUT2D eigenvalue weighted by molar-refractivity contribution is 0.0583. The summed E-state index contributed by atoms with van der Waals surface area (Å²) in [4.78, 5) is 23.2. The largest absolute Gasteiger partial charge is 0.465 e. The molecule has 0 amide bonds. The molecule has 0 aliphatic carbocycles. The summed E-state index contributed by atoms with van der Waals surface area (Å²) in [6.07, 6.45) is 0. The fraction of sp³-hybridized carbons (Fsp3) is 0.125. The molecule has 1 N–H and O–H groups in total. The number of rotatable bonds is 5. The lowest BCUT2D eigenvalue weighted by Crippen LogP contribution is -2.19. The standard InChI is InChI=1S/C16H14BrNO6S/c1-23-15(19)10-7-8-11(16(20)24-2)14(9-10)25(21,22)18-13-6-4-3-5-12(13)17/h3-9,18H,1-2H3. The van der Waals surface area contributed by atoms with Crippen LogP contribution in [0, 0.1) is 0 Å². The molecule has 0 saturated carbocycles. The van der Waals surface area contributed by atoms with Gasteiger partial charge in [-0.3, -0.25) is 4.72 Å². The maximum Gasteiger partial charge on any atom is 0.339 e. The highest BCUT2D eigenvalue weighted by molar-refractivity contribution is 9.10. The summed E-state index contributed by atoms with van der Waals surface area (Å²) in [7, 11) is -1.87. The predicted octanol–water partition coefficient (Wildman–Crippen LogP) is 2.82. The Kier molecular flexibility index (Phi) is 5.81. The van der Waals surface area contributed by atoms with Gasteiger partial charge in [-0.25, -0.2) is 18.0 Å². The molecule has 7 nitrogen and oxygen atoms in total. The van der Waals surface area contributed by atoms with Crippen LogP contribution < -0.4 is 4.72 Å². The smallest absolute Gasteiger partial charge is 0.339 e. The number of para-hydroxylation sites is 1. The number of methoxy groups -OCH3 is 2. The molecule has 0 aliphatic rings. The van der Waals surface area contributed by atoms with Crippen molar-refractivity contribution < 1.29 is 27.5 Å². The number of nitrogens with one attached hydrogen (secondary N) is 1. The number of benzene rings is 2. The van der Waals surface area contributed by atoms with E-state index in [1.807, 2.05) is 0 Å². The Labute approximate surface area is 153 Å². The molecule has 0 bridgehead atoms.